The highest BCUT2D eigenvalue weighted by atomic mass is 16.2. The molecule has 0 spiro atoms. The van der Waals surface area contributed by atoms with Gasteiger partial charge in [-0.05, 0) is 6.42 Å². The molecule has 1 amide bonds. The lowest BCUT2D eigenvalue weighted by molar-refractivity contribution is -0.127. The van der Waals surface area contributed by atoms with Gasteiger partial charge in [-0.25, -0.2) is 0 Å². The van der Waals surface area contributed by atoms with Crippen molar-refractivity contribution >= 4 is 11.7 Å². The Bertz CT molecular complexity index is 202. The van der Waals surface area contributed by atoms with Crippen molar-refractivity contribution in [1.82, 2.24) is 5.32 Å². The summed E-state index contributed by atoms with van der Waals surface area (Å²) in [5.41, 5.74) is 0. The molecule has 3 heteroatoms. The molecule has 0 aromatic rings. The first kappa shape index (κ1) is 15.1. The lowest BCUT2D eigenvalue weighted by Crippen LogP contribution is -2.21. The average molecular weight is 227 g/mol. The third-order valence-electron chi connectivity index (χ3n) is 2.70. The monoisotopic (exact) mass is 227 g/mol. The summed E-state index contributed by atoms with van der Waals surface area (Å²) < 4.78 is 0. The van der Waals surface area contributed by atoms with Crippen molar-refractivity contribution in [3.63, 3.8) is 0 Å². The van der Waals surface area contributed by atoms with Crippen molar-refractivity contribution < 1.29 is 9.59 Å². The van der Waals surface area contributed by atoms with Crippen LogP contribution >= 0.6 is 0 Å². The fourth-order valence-electron chi connectivity index (χ4n) is 1.64. The van der Waals surface area contributed by atoms with Crippen LogP contribution in [0, 0.1) is 0 Å². The Morgan fingerprint density at radius 3 is 2.06 bits per heavy atom. The van der Waals surface area contributed by atoms with Gasteiger partial charge in [-0.3, -0.25) is 9.59 Å². The third-order valence-corrected chi connectivity index (χ3v) is 2.70. The van der Waals surface area contributed by atoms with Crippen LogP contribution in [0.5, 0.6) is 0 Å². The maximum Gasteiger partial charge on any atom is 0.227 e. The fraction of sp³-hybridized carbons (Fsp3) is 0.846. The van der Waals surface area contributed by atoms with Crippen molar-refractivity contribution in [2.45, 2.75) is 64.7 Å². The number of ketones is 1. The number of unbranched alkanes of at least 4 members (excludes halogenated alkanes) is 6. The van der Waals surface area contributed by atoms with E-state index in [0.717, 1.165) is 12.8 Å². The van der Waals surface area contributed by atoms with Crippen molar-refractivity contribution in [3.05, 3.63) is 0 Å². The normalized spacial score (nSPS) is 10.1. The zero-order valence-electron chi connectivity index (χ0n) is 10.7. The summed E-state index contributed by atoms with van der Waals surface area (Å²) in [6.07, 6.45) is 9.03. The van der Waals surface area contributed by atoms with Gasteiger partial charge in [0, 0.05) is 13.5 Å². The van der Waals surface area contributed by atoms with Gasteiger partial charge in [0.05, 0.1) is 6.42 Å². The largest absolute Gasteiger partial charge is 0.359 e. The van der Waals surface area contributed by atoms with E-state index in [0.29, 0.717) is 6.42 Å². The van der Waals surface area contributed by atoms with Crippen LogP contribution in [0.25, 0.3) is 0 Å². The number of Topliss-reactive ketones (excluding diaryl/α,β-unsaturated/α-hetero) is 1. The summed E-state index contributed by atoms with van der Waals surface area (Å²) in [5, 5.41) is 2.46. The van der Waals surface area contributed by atoms with E-state index < -0.39 is 0 Å². The summed E-state index contributed by atoms with van der Waals surface area (Å²) in [6, 6.07) is 0. The van der Waals surface area contributed by atoms with E-state index in [1.54, 1.807) is 7.05 Å². The maximum absolute atomic E-state index is 11.3. The standard InChI is InChI=1S/C13H25NO2/c1-3-4-5-6-7-8-9-10-12(15)11-13(16)14-2/h3-11H2,1-2H3,(H,14,16). The van der Waals surface area contributed by atoms with Crippen LogP contribution in [0.15, 0.2) is 0 Å². The van der Waals surface area contributed by atoms with E-state index in [1.165, 1.54) is 32.1 Å². The number of carbonyl (C=O) groups is 2. The van der Waals surface area contributed by atoms with Crippen molar-refractivity contribution in [2.24, 2.45) is 0 Å². The molecule has 0 bridgehead atoms. The molecule has 0 atom stereocenters. The van der Waals surface area contributed by atoms with E-state index in [-0.39, 0.29) is 18.1 Å². The lowest BCUT2D eigenvalue weighted by Gasteiger charge is -2.01. The number of hydrogen-bond donors (Lipinski definition) is 1. The van der Waals surface area contributed by atoms with Gasteiger partial charge in [-0.15, -0.1) is 0 Å². The molecular formula is C13H25NO2. The molecule has 0 fully saturated rings. The van der Waals surface area contributed by atoms with E-state index in [4.69, 9.17) is 0 Å². The number of nitrogens with one attached hydrogen (secondary N) is 1. The second kappa shape index (κ2) is 10.7. The van der Waals surface area contributed by atoms with Crippen molar-refractivity contribution in [1.29, 1.82) is 0 Å². The topological polar surface area (TPSA) is 46.2 Å². The second-order valence-electron chi connectivity index (χ2n) is 4.26. The van der Waals surface area contributed by atoms with Crippen LogP contribution in [-0.4, -0.2) is 18.7 Å². The van der Waals surface area contributed by atoms with E-state index >= 15 is 0 Å². The molecular weight excluding hydrogens is 202 g/mol. The van der Waals surface area contributed by atoms with E-state index in [2.05, 4.69) is 12.2 Å². The molecule has 1 N–H and O–H groups in total. The first-order valence-corrected chi connectivity index (χ1v) is 6.43. The Balaban J connectivity index is 3.24. The molecule has 16 heavy (non-hydrogen) atoms. The zero-order valence-corrected chi connectivity index (χ0v) is 10.7. The highest BCUT2D eigenvalue weighted by Gasteiger charge is 2.06. The SMILES string of the molecule is CCCCCCCCCC(=O)CC(=O)NC. The van der Waals surface area contributed by atoms with Gasteiger partial charge in [0.25, 0.3) is 0 Å². The number of hydrogen-bond acceptors (Lipinski definition) is 2. The van der Waals surface area contributed by atoms with Gasteiger partial charge in [-0.1, -0.05) is 45.4 Å². The molecule has 0 aliphatic carbocycles. The Labute approximate surface area is 99.0 Å². The van der Waals surface area contributed by atoms with Gasteiger partial charge >= 0.3 is 0 Å². The molecule has 3 nitrogen and oxygen atoms in total. The Hall–Kier alpha value is -0.860. The molecule has 0 aromatic carbocycles. The van der Waals surface area contributed by atoms with Gasteiger partial charge in [0.1, 0.15) is 5.78 Å². The average Bonchev–Trinajstić information content (AvgIpc) is 2.27. The zero-order chi connectivity index (χ0) is 12.2. The minimum atomic E-state index is -0.173. The molecule has 0 heterocycles. The lowest BCUT2D eigenvalue weighted by atomic mass is 10.1. The number of carbonyl (C=O) groups excluding carboxylic acids is 2. The van der Waals surface area contributed by atoms with Crippen LogP contribution in [0.4, 0.5) is 0 Å². The molecule has 0 unspecified atom stereocenters. The minimum Gasteiger partial charge on any atom is -0.359 e. The van der Waals surface area contributed by atoms with Crippen LogP contribution in [0.1, 0.15) is 64.7 Å². The van der Waals surface area contributed by atoms with Gasteiger partial charge in [0.15, 0.2) is 0 Å². The number of rotatable bonds is 10. The smallest absolute Gasteiger partial charge is 0.227 e. The van der Waals surface area contributed by atoms with E-state index in [1.807, 2.05) is 0 Å². The van der Waals surface area contributed by atoms with Crippen molar-refractivity contribution in [2.75, 3.05) is 7.05 Å². The molecule has 0 aromatic heterocycles. The van der Waals surface area contributed by atoms with Gasteiger partial charge in [0.2, 0.25) is 5.91 Å². The van der Waals surface area contributed by atoms with Crippen LogP contribution in [-0.2, 0) is 9.59 Å². The van der Waals surface area contributed by atoms with Crippen LogP contribution < -0.4 is 5.32 Å². The van der Waals surface area contributed by atoms with Gasteiger partial charge in [-0.2, -0.15) is 0 Å². The predicted molar refractivity (Wildman–Crippen MR) is 66.3 cm³/mol. The molecule has 0 aliphatic rings. The molecule has 0 rings (SSSR count). The summed E-state index contributed by atoms with van der Waals surface area (Å²) in [7, 11) is 1.56. The Morgan fingerprint density at radius 1 is 0.938 bits per heavy atom. The van der Waals surface area contributed by atoms with Crippen molar-refractivity contribution in [3.8, 4) is 0 Å². The van der Waals surface area contributed by atoms with Gasteiger partial charge < -0.3 is 5.32 Å². The maximum atomic E-state index is 11.3. The first-order valence-electron chi connectivity index (χ1n) is 6.43. The van der Waals surface area contributed by atoms with Crippen LogP contribution in [0.3, 0.4) is 0 Å². The predicted octanol–water partition coefficient (Wildman–Crippen LogP) is 2.83. The Kier molecular flexibility index (Phi) is 10.1. The quantitative estimate of drug-likeness (QED) is 0.461. The summed E-state index contributed by atoms with van der Waals surface area (Å²) in [4.78, 5) is 22.2. The molecule has 0 radical (unpaired) electrons. The Morgan fingerprint density at radius 2 is 1.50 bits per heavy atom. The minimum absolute atomic E-state index is 0.0480. The van der Waals surface area contributed by atoms with E-state index in [9.17, 15) is 9.59 Å². The summed E-state index contributed by atoms with van der Waals surface area (Å²) in [6.45, 7) is 2.21. The van der Waals surface area contributed by atoms with Crippen LogP contribution in [0.2, 0.25) is 0 Å². The highest BCUT2D eigenvalue weighted by molar-refractivity contribution is 5.97. The molecule has 0 saturated heterocycles. The third kappa shape index (κ3) is 9.69. The first-order chi connectivity index (χ1) is 7.70. The second-order valence-corrected chi connectivity index (χ2v) is 4.26. The fourth-order valence-corrected chi connectivity index (χ4v) is 1.64. The molecule has 0 saturated carbocycles. The molecule has 94 valence electrons. The summed E-state index contributed by atoms with van der Waals surface area (Å²) in [5.74, 6) is -0.110. The highest BCUT2D eigenvalue weighted by Crippen LogP contribution is 2.09. The number of amides is 1. The molecule has 0 aliphatic heterocycles. The summed E-state index contributed by atoms with van der Waals surface area (Å²) >= 11 is 0.